The number of aliphatic hydroxyl groups is 1. The van der Waals surface area contributed by atoms with E-state index in [0.29, 0.717) is 24.6 Å². The normalized spacial score (nSPS) is 42.4. The molecule has 2 heterocycles. The predicted molar refractivity (Wildman–Crippen MR) is 51.6 cm³/mol. The first kappa shape index (κ1) is 10.4. The fourth-order valence-corrected chi connectivity index (χ4v) is 2.75. The van der Waals surface area contributed by atoms with E-state index in [1.54, 1.807) is 7.11 Å². The molecule has 14 heavy (non-hydrogen) atoms. The highest BCUT2D eigenvalue weighted by molar-refractivity contribution is 4.92. The fraction of sp³-hybridized carbons (Fsp3) is 1.00. The van der Waals surface area contributed by atoms with Crippen molar-refractivity contribution in [2.75, 3.05) is 13.7 Å². The summed E-state index contributed by atoms with van der Waals surface area (Å²) in [6.07, 6.45) is 3.86. The SMILES string of the molecule is COOCC1CC2CC(O)CC(C1)N2. The molecule has 0 saturated carbocycles. The average Bonchev–Trinajstić information content (AvgIpc) is 2.12. The lowest BCUT2D eigenvalue weighted by Crippen LogP contribution is -2.53. The minimum atomic E-state index is -0.101. The molecule has 0 spiro atoms. The number of fused-ring (bicyclic) bond motifs is 2. The monoisotopic (exact) mass is 201 g/mol. The topological polar surface area (TPSA) is 50.7 Å². The van der Waals surface area contributed by atoms with Crippen molar-refractivity contribution in [2.24, 2.45) is 5.92 Å². The zero-order valence-electron chi connectivity index (χ0n) is 8.61. The summed E-state index contributed by atoms with van der Waals surface area (Å²) in [4.78, 5) is 9.59. The van der Waals surface area contributed by atoms with Gasteiger partial charge in [-0.05, 0) is 31.6 Å². The van der Waals surface area contributed by atoms with E-state index in [2.05, 4.69) is 10.2 Å². The summed E-state index contributed by atoms with van der Waals surface area (Å²) in [7, 11) is 1.55. The Balaban J connectivity index is 1.83. The number of hydrogen-bond acceptors (Lipinski definition) is 4. The number of piperidine rings is 2. The van der Waals surface area contributed by atoms with Gasteiger partial charge in [0.2, 0.25) is 0 Å². The third-order valence-corrected chi connectivity index (χ3v) is 3.24. The van der Waals surface area contributed by atoms with Gasteiger partial charge in [-0.1, -0.05) is 0 Å². The molecule has 2 atom stereocenters. The van der Waals surface area contributed by atoms with Crippen LogP contribution in [0.15, 0.2) is 0 Å². The van der Waals surface area contributed by atoms with Crippen molar-refractivity contribution >= 4 is 0 Å². The van der Waals surface area contributed by atoms with Crippen molar-refractivity contribution in [1.29, 1.82) is 0 Å². The van der Waals surface area contributed by atoms with E-state index in [0.717, 1.165) is 25.7 Å². The molecule has 4 heteroatoms. The van der Waals surface area contributed by atoms with Gasteiger partial charge >= 0.3 is 0 Å². The molecule has 0 aromatic carbocycles. The van der Waals surface area contributed by atoms with E-state index in [1.807, 2.05) is 0 Å². The predicted octanol–water partition coefficient (Wildman–Crippen LogP) is 0.456. The molecule has 0 aromatic heterocycles. The average molecular weight is 201 g/mol. The van der Waals surface area contributed by atoms with Crippen LogP contribution in [0.5, 0.6) is 0 Å². The van der Waals surface area contributed by atoms with Gasteiger partial charge in [0.15, 0.2) is 0 Å². The van der Waals surface area contributed by atoms with E-state index in [1.165, 1.54) is 0 Å². The van der Waals surface area contributed by atoms with Crippen LogP contribution in [0.25, 0.3) is 0 Å². The van der Waals surface area contributed by atoms with Crippen LogP contribution >= 0.6 is 0 Å². The molecule has 2 fully saturated rings. The molecule has 2 aliphatic heterocycles. The lowest BCUT2D eigenvalue weighted by molar-refractivity contribution is -0.282. The Kier molecular flexibility index (Phi) is 3.38. The van der Waals surface area contributed by atoms with Crippen LogP contribution < -0.4 is 5.32 Å². The molecular formula is C10H19NO3. The van der Waals surface area contributed by atoms with Gasteiger partial charge in [0, 0.05) is 12.1 Å². The van der Waals surface area contributed by atoms with Crippen LogP contribution in [0.2, 0.25) is 0 Å². The van der Waals surface area contributed by atoms with Gasteiger partial charge in [-0.2, -0.15) is 0 Å². The number of hydrogen-bond donors (Lipinski definition) is 2. The van der Waals surface area contributed by atoms with Gasteiger partial charge in [-0.25, -0.2) is 9.78 Å². The van der Waals surface area contributed by atoms with E-state index in [-0.39, 0.29) is 6.10 Å². The Hall–Kier alpha value is -0.160. The molecule has 2 rings (SSSR count). The Bertz CT molecular complexity index is 170. The van der Waals surface area contributed by atoms with Crippen molar-refractivity contribution in [3.05, 3.63) is 0 Å². The first-order chi connectivity index (χ1) is 6.78. The maximum absolute atomic E-state index is 9.58. The third-order valence-electron chi connectivity index (χ3n) is 3.24. The maximum Gasteiger partial charge on any atom is 0.0851 e. The molecule has 0 aromatic rings. The summed E-state index contributed by atoms with van der Waals surface area (Å²) in [6.45, 7) is 0.682. The molecule has 0 amide bonds. The lowest BCUT2D eigenvalue weighted by Gasteiger charge is -2.42. The summed E-state index contributed by atoms with van der Waals surface area (Å²) in [5, 5.41) is 13.1. The minimum absolute atomic E-state index is 0.101. The summed E-state index contributed by atoms with van der Waals surface area (Å²) >= 11 is 0. The highest BCUT2D eigenvalue weighted by Crippen LogP contribution is 2.29. The smallest absolute Gasteiger partial charge is 0.0851 e. The van der Waals surface area contributed by atoms with E-state index >= 15 is 0 Å². The Morgan fingerprint density at radius 2 is 1.86 bits per heavy atom. The van der Waals surface area contributed by atoms with E-state index < -0.39 is 0 Å². The molecule has 2 saturated heterocycles. The second-order valence-corrected chi connectivity index (χ2v) is 4.47. The van der Waals surface area contributed by atoms with Crippen molar-refractivity contribution in [3.63, 3.8) is 0 Å². The molecule has 0 aliphatic carbocycles. The summed E-state index contributed by atoms with van der Waals surface area (Å²) in [5.41, 5.74) is 0. The van der Waals surface area contributed by atoms with Crippen LogP contribution in [0.1, 0.15) is 25.7 Å². The van der Waals surface area contributed by atoms with Crippen molar-refractivity contribution in [1.82, 2.24) is 5.32 Å². The highest BCUT2D eigenvalue weighted by atomic mass is 17.2. The van der Waals surface area contributed by atoms with Crippen LogP contribution in [0.4, 0.5) is 0 Å². The van der Waals surface area contributed by atoms with Gasteiger partial charge in [-0.3, -0.25) is 0 Å². The summed E-state index contributed by atoms with van der Waals surface area (Å²) < 4.78 is 0. The van der Waals surface area contributed by atoms with Crippen LogP contribution in [-0.4, -0.2) is 37.0 Å². The molecule has 0 radical (unpaired) electrons. The fourth-order valence-electron chi connectivity index (χ4n) is 2.75. The van der Waals surface area contributed by atoms with Crippen molar-refractivity contribution in [3.8, 4) is 0 Å². The zero-order valence-corrected chi connectivity index (χ0v) is 8.61. The summed E-state index contributed by atoms with van der Waals surface area (Å²) in [6, 6.07) is 0.950. The maximum atomic E-state index is 9.58. The second-order valence-electron chi connectivity index (χ2n) is 4.47. The van der Waals surface area contributed by atoms with Crippen LogP contribution in [0, 0.1) is 5.92 Å². The van der Waals surface area contributed by atoms with Crippen LogP contribution in [0.3, 0.4) is 0 Å². The molecule has 82 valence electrons. The van der Waals surface area contributed by atoms with Crippen molar-refractivity contribution < 1.29 is 14.9 Å². The number of nitrogens with one attached hydrogen (secondary N) is 1. The molecule has 2 unspecified atom stereocenters. The first-order valence-electron chi connectivity index (χ1n) is 5.37. The van der Waals surface area contributed by atoms with Crippen LogP contribution in [-0.2, 0) is 9.78 Å². The number of aliphatic hydroxyl groups excluding tert-OH is 1. The lowest BCUT2D eigenvalue weighted by atomic mass is 9.79. The minimum Gasteiger partial charge on any atom is -0.393 e. The molecule has 4 nitrogen and oxygen atoms in total. The van der Waals surface area contributed by atoms with Gasteiger partial charge < -0.3 is 10.4 Å². The Labute approximate surface area is 84.5 Å². The number of rotatable bonds is 3. The standard InChI is InChI=1S/C10H19NO3/c1-13-14-6-7-2-8-4-10(12)5-9(3-7)11-8/h7-12H,2-6H2,1H3. The first-order valence-corrected chi connectivity index (χ1v) is 5.37. The quantitative estimate of drug-likeness (QED) is 0.514. The zero-order chi connectivity index (χ0) is 9.97. The Morgan fingerprint density at radius 1 is 1.21 bits per heavy atom. The third kappa shape index (κ3) is 2.45. The highest BCUT2D eigenvalue weighted by Gasteiger charge is 2.34. The van der Waals surface area contributed by atoms with E-state index in [4.69, 9.17) is 4.89 Å². The Morgan fingerprint density at radius 3 is 2.43 bits per heavy atom. The van der Waals surface area contributed by atoms with Gasteiger partial charge in [0.05, 0.1) is 19.8 Å². The second kappa shape index (κ2) is 4.57. The van der Waals surface area contributed by atoms with Gasteiger partial charge in [0.25, 0.3) is 0 Å². The largest absolute Gasteiger partial charge is 0.393 e. The van der Waals surface area contributed by atoms with Gasteiger partial charge in [-0.15, -0.1) is 0 Å². The molecular weight excluding hydrogens is 182 g/mol. The molecule has 2 bridgehead atoms. The molecule has 2 N–H and O–H groups in total. The summed E-state index contributed by atoms with van der Waals surface area (Å²) in [5.74, 6) is 0.582. The molecule has 2 aliphatic rings. The van der Waals surface area contributed by atoms with E-state index in [9.17, 15) is 5.11 Å². The van der Waals surface area contributed by atoms with Crippen molar-refractivity contribution in [2.45, 2.75) is 43.9 Å². The van der Waals surface area contributed by atoms with Gasteiger partial charge in [0.1, 0.15) is 0 Å².